The van der Waals surface area contributed by atoms with Crippen molar-refractivity contribution in [3.8, 4) is 0 Å². The number of halogens is 2. The van der Waals surface area contributed by atoms with E-state index in [9.17, 15) is 14.4 Å². The van der Waals surface area contributed by atoms with Crippen molar-refractivity contribution in [2.75, 3.05) is 10.0 Å². The number of carbonyl (C=O) groups excluding carboxylic acids is 2. The summed E-state index contributed by atoms with van der Waals surface area (Å²) in [5, 5.41) is 28.5. The molecule has 4 rings (SSSR count). The minimum atomic E-state index is -1.08. The molecule has 10 nitrogen and oxygen atoms in total. The van der Waals surface area contributed by atoms with Crippen molar-refractivity contribution in [1.82, 2.24) is 0 Å². The molecule has 33 heavy (non-hydrogen) atoms. The summed E-state index contributed by atoms with van der Waals surface area (Å²) in [7, 11) is 0. The fourth-order valence-electron chi connectivity index (χ4n) is 3.24. The molecular weight excluding hydrogens is 471 g/mol. The van der Waals surface area contributed by atoms with Crippen molar-refractivity contribution in [2.24, 2.45) is 20.4 Å². The fraction of sp³-hybridized carbons (Fsp3) is 0.190. The molecule has 2 aliphatic rings. The highest BCUT2D eigenvalue weighted by Gasteiger charge is 2.38. The van der Waals surface area contributed by atoms with E-state index >= 15 is 0 Å². The predicted molar refractivity (Wildman–Crippen MR) is 123 cm³/mol. The molecule has 168 valence electrons. The number of azo groups is 1. The number of benzene rings is 2. The third kappa shape index (κ3) is 4.22. The highest BCUT2D eigenvalue weighted by molar-refractivity contribution is 6.42. The predicted octanol–water partition coefficient (Wildman–Crippen LogP) is 4.03. The molecule has 0 bridgehead atoms. The quantitative estimate of drug-likeness (QED) is 0.639. The number of hydrazone groups is 2. The summed E-state index contributed by atoms with van der Waals surface area (Å²) in [5.41, 5.74) is 1.69. The van der Waals surface area contributed by atoms with E-state index in [0.29, 0.717) is 27.8 Å². The second kappa shape index (κ2) is 8.72. The molecule has 0 saturated carbocycles. The summed E-state index contributed by atoms with van der Waals surface area (Å²) in [4.78, 5) is 36.7. The molecule has 0 fully saturated rings. The molecule has 2 unspecified atom stereocenters. The first-order chi connectivity index (χ1) is 15.7. The van der Waals surface area contributed by atoms with E-state index in [1.54, 1.807) is 26.0 Å². The highest BCUT2D eigenvalue weighted by atomic mass is 35.5. The number of carboxylic acid groups (broad SMARTS) is 1. The first-order valence-corrected chi connectivity index (χ1v) is 10.4. The van der Waals surface area contributed by atoms with E-state index in [-0.39, 0.29) is 10.6 Å². The van der Waals surface area contributed by atoms with E-state index in [4.69, 9.17) is 28.3 Å². The van der Waals surface area contributed by atoms with Gasteiger partial charge in [0, 0.05) is 0 Å². The van der Waals surface area contributed by atoms with Crippen LogP contribution in [0.4, 0.5) is 11.4 Å². The normalized spacial score (nSPS) is 20.6. The minimum absolute atomic E-state index is 0.0865. The van der Waals surface area contributed by atoms with Crippen molar-refractivity contribution < 1.29 is 19.5 Å². The molecule has 0 aliphatic carbocycles. The zero-order valence-electron chi connectivity index (χ0n) is 17.3. The summed E-state index contributed by atoms with van der Waals surface area (Å²) >= 11 is 12.0. The Morgan fingerprint density at radius 3 is 1.82 bits per heavy atom. The van der Waals surface area contributed by atoms with Gasteiger partial charge in [-0.25, -0.2) is 4.79 Å². The van der Waals surface area contributed by atoms with Crippen LogP contribution < -0.4 is 10.0 Å². The number of anilines is 2. The van der Waals surface area contributed by atoms with Gasteiger partial charge in [-0.2, -0.15) is 30.4 Å². The van der Waals surface area contributed by atoms with Crippen LogP contribution in [0.5, 0.6) is 0 Å². The van der Waals surface area contributed by atoms with Crippen LogP contribution in [0.1, 0.15) is 24.2 Å². The topological polar surface area (TPSA) is 127 Å². The van der Waals surface area contributed by atoms with Crippen LogP contribution in [0.25, 0.3) is 0 Å². The summed E-state index contributed by atoms with van der Waals surface area (Å²) < 4.78 is 0. The molecule has 0 saturated heterocycles. The number of nitrogens with zero attached hydrogens (tertiary/aromatic N) is 6. The first kappa shape index (κ1) is 22.6. The average molecular weight is 487 g/mol. The number of rotatable bonds is 5. The number of aromatic carboxylic acids is 1. The van der Waals surface area contributed by atoms with E-state index in [2.05, 4.69) is 20.4 Å². The first-order valence-electron chi connectivity index (χ1n) is 9.64. The number of hydrogen-bond donors (Lipinski definition) is 1. The average Bonchev–Trinajstić information content (AvgIpc) is 3.23. The molecule has 0 radical (unpaired) electrons. The summed E-state index contributed by atoms with van der Waals surface area (Å²) in [6.07, 6.45) is 0. The zero-order chi connectivity index (χ0) is 23.9. The Morgan fingerprint density at radius 1 is 0.848 bits per heavy atom. The summed E-state index contributed by atoms with van der Waals surface area (Å²) in [5.74, 6) is -2.00. The molecule has 2 atom stereocenters. The van der Waals surface area contributed by atoms with Gasteiger partial charge in [-0.15, -0.1) is 0 Å². The van der Waals surface area contributed by atoms with Gasteiger partial charge < -0.3 is 5.11 Å². The van der Waals surface area contributed by atoms with E-state index < -0.39 is 29.9 Å². The van der Waals surface area contributed by atoms with Crippen LogP contribution in [0, 0.1) is 0 Å². The van der Waals surface area contributed by atoms with Crippen molar-refractivity contribution in [3.63, 3.8) is 0 Å². The Kier molecular flexibility index (Phi) is 5.96. The molecule has 1 N–H and O–H groups in total. The van der Waals surface area contributed by atoms with Gasteiger partial charge >= 0.3 is 5.97 Å². The molecule has 12 heteroatoms. The SMILES string of the molecule is CC1=NN(c2ccc(C(=O)O)cc2)C(=O)C1N=NC1C(=O)N(c2ccc(Cl)c(Cl)c2)N=C1C. The number of hydrogen-bond acceptors (Lipinski definition) is 7. The number of amides is 2. The van der Waals surface area contributed by atoms with Gasteiger partial charge in [0.25, 0.3) is 11.8 Å². The zero-order valence-corrected chi connectivity index (χ0v) is 18.8. The molecule has 2 heterocycles. The van der Waals surface area contributed by atoms with Crippen molar-refractivity contribution >= 4 is 63.8 Å². The van der Waals surface area contributed by atoms with E-state index in [1.807, 2.05) is 0 Å². The van der Waals surface area contributed by atoms with Gasteiger partial charge in [0.1, 0.15) is 0 Å². The second-order valence-corrected chi connectivity index (χ2v) is 8.08. The second-order valence-electron chi connectivity index (χ2n) is 7.27. The van der Waals surface area contributed by atoms with Crippen LogP contribution in [0.2, 0.25) is 10.0 Å². The maximum absolute atomic E-state index is 12.9. The van der Waals surface area contributed by atoms with E-state index in [1.165, 1.54) is 30.3 Å². The van der Waals surface area contributed by atoms with Crippen LogP contribution in [0.3, 0.4) is 0 Å². The molecular formula is C21H16Cl2N6O4. The maximum Gasteiger partial charge on any atom is 0.335 e. The van der Waals surface area contributed by atoms with Crippen molar-refractivity contribution in [3.05, 3.63) is 58.1 Å². The number of carbonyl (C=O) groups is 3. The molecule has 2 aliphatic heterocycles. The minimum Gasteiger partial charge on any atom is -0.478 e. The standard InChI is InChI=1S/C21H16Cl2N6O4/c1-10-17(19(30)28(26-10)13-5-3-12(4-6-13)21(32)33)24-25-18-11(2)27-29(20(18)31)14-7-8-15(22)16(23)9-14/h3-9,17-18H,1-2H3,(H,32,33). The fourth-order valence-corrected chi connectivity index (χ4v) is 3.54. The van der Waals surface area contributed by atoms with Gasteiger partial charge in [-0.05, 0) is 56.3 Å². The Balaban J connectivity index is 1.51. The molecule has 0 aromatic heterocycles. The van der Waals surface area contributed by atoms with Gasteiger partial charge in [-0.1, -0.05) is 23.2 Å². The van der Waals surface area contributed by atoms with Crippen molar-refractivity contribution in [1.29, 1.82) is 0 Å². The van der Waals surface area contributed by atoms with E-state index in [0.717, 1.165) is 10.0 Å². The Bertz CT molecular complexity index is 1260. The Hall–Kier alpha value is -3.63. The van der Waals surface area contributed by atoms with Gasteiger partial charge in [0.05, 0.1) is 38.4 Å². The number of carboxylic acids is 1. The molecule has 2 aromatic carbocycles. The largest absolute Gasteiger partial charge is 0.478 e. The Labute approximate surface area is 197 Å². The van der Waals surface area contributed by atoms with Gasteiger partial charge in [-0.3, -0.25) is 9.59 Å². The van der Waals surface area contributed by atoms with Gasteiger partial charge in [0.2, 0.25) is 0 Å². The lowest BCUT2D eigenvalue weighted by atomic mass is 10.2. The lowest BCUT2D eigenvalue weighted by molar-refractivity contribution is -0.119. The summed E-state index contributed by atoms with van der Waals surface area (Å²) in [6, 6.07) is 8.37. The van der Waals surface area contributed by atoms with Crippen LogP contribution in [-0.2, 0) is 9.59 Å². The highest BCUT2D eigenvalue weighted by Crippen LogP contribution is 2.30. The monoisotopic (exact) mass is 486 g/mol. The third-order valence-electron chi connectivity index (χ3n) is 5.00. The van der Waals surface area contributed by atoms with Crippen LogP contribution >= 0.6 is 23.2 Å². The maximum atomic E-state index is 12.9. The third-order valence-corrected chi connectivity index (χ3v) is 5.74. The molecule has 0 spiro atoms. The van der Waals surface area contributed by atoms with Crippen LogP contribution in [0.15, 0.2) is 62.9 Å². The smallest absolute Gasteiger partial charge is 0.335 e. The lowest BCUT2D eigenvalue weighted by Gasteiger charge is -2.14. The van der Waals surface area contributed by atoms with Crippen molar-refractivity contribution in [2.45, 2.75) is 25.9 Å². The van der Waals surface area contributed by atoms with Crippen LogP contribution in [-0.4, -0.2) is 46.4 Å². The molecule has 2 amide bonds. The lowest BCUT2D eigenvalue weighted by Crippen LogP contribution is -2.32. The molecule has 2 aromatic rings. The van der Waals surface area contributed by atoms with Gasteiger partial charge in [0.15, 0.2) is 12.1 Å². The summed E-state index contributed by atoms with van der Waals surface area (Å²) in [6.45, 7) is 3.25. The Morgan fingerprint density at radius 2 is 1.33 bits per heavy atom.